The van der Waals surface area contributed by atoms with Crippen molar-refractivity contribution in [2.75, 3.05) is 14.1 Å². The Balaban J connectivity index is 0.00000242. The van der Waals surface area contributed by atoms with Crippen LogP contribution in [-0.2, 0) is 23.1 Å². The number of aryl methyl sites for hydroxylation is 1. The number of nitrogens with zero attached hydrogens (tertiary/aromatic N) is 2. The molecule has 2 N–H and O–H groups in total. The van der Waals surface area contributed by atoms with Crippen molar-refractivity contribution in [2.45, 2.75) is 24.9 Å². The molecule has 2 rings (SSSR count). The Bertz CT molecular complexity index is 713. The molecule has 1 aromatic carbocycles. The summed E-state index contributed by atoms with van der Waals surface area (Å²) in [5.41, 5.74) is 2.84. The van der Waals surface area contributed by atoms with Crippen molar-refractivity contribution in [1.29, 1.82) is 0 Å². The van der Waals surface area contributed by atoms with E-state index in [9.17, 15) is 8.42 Å². The lowest BCUT2D eigenvalue weighted by Crippen LogP contribution is -2.24. The molecule has 0 bridgehead atoms. The maximum atomic E-state index is 12.3. The SMILES string of the molecule is Cc1[nH]ncc1CNCc1ccccc1S(=O)(=O)N(C)C.Cl. The predicted molar refractivity (Wildman–Crippen MR) is 88.4 cm³/mol. The van der Waals surface area contributed by atoms with Gasteiger partial charge in [-0.3, -0.25) is 5.10 Å². The van der Waals surface area contributed by atoms with Gasteiger partial charge in [-0.25, -0.2) is 12.7 Å². The van der Waals surface area contributed by atoms with Crippen molar-refractivity contribution in [1.82, 2.24) is 19.8 Å². The zero-order valence-corrected chi connectivity index (χ0v) is 14.5. The Kier molecular flexibility index (Phi) is 6.55. The molecule has 122 valence electrons. The van der Waals surface area contributed by atoms with Crippen LogP contribution in [0, 0.1) is 6.92 Å². The Hall–Kier alpha value is -1.41. The molecule has 6 nitrogen and oxygen atoms in total. The number of benzene rings is 1. The fourth-order valence-corrected chi connectivity index (χ4v) is 3.10. The van der Waals surface area contributed by atoms with Crippen LogP contribution in [0.1, 0.15) is 16.8 Å². The van der Waals surface area contributed by atoms with E-state index < -0.39 is 10.0 Å². The molecule has 0 amide bonds. The zero-order valence-electron chi connectivity index (χ0n) is 12.8. The standard InChI is InChI=1S/C14H20N4O2S.ClH/c1-11-13(10-16-17-11)9-15-8-12-6-4-5-7-14(12)21(19,20)18(2)3;/h4-7,10,15H,8-9H2,1-3H3,(H,16,17);1H. The van der Waals surface area contributed by atoms with Gasteiger partial charge in [-0.2, -0.15) is 5.10 Å². The van der Waals surface area contributed by atoms with Crippen LogP contribution in [0.3, 0.4) is 0 Å². The molecule has 1 heterocycles. The summed E-state index contributed by atoms with van der Waals surface area (Å²) in [5, 5.41) is 10.1. The lowest BCUT2D eigenvalue weighted by Gasteiger charge is -2.15. The van der Waals surface area contributed by atoms with E-state index in [0.29, 0.717) is 18.0 Å². The van der Waals surface area contributed by atoms with Crippen LogP contribution in [0.4, 0.5) is 0 Å². The molecule has 1 aromatic heterocycles. The average molecular weight is 345 g/mol. The molecule has 0 fully saturated rings. The van der Waals surface area contributed by atoms with Crippen molar-refractivity contribution in [3.05, 3.63) is 47.3 Å². The van der Waals surface area contributed by atoms with E-state index in [-0.39, 0.29) is 12.4 Å². The maximum absolute atomic E-state index is 12.3. The van der Waals surface area contributed by atoms with Crippen molar-refractivity contribution in [3.8, 4) is 0 Å². The molecule has 8 heteroatoms. The van der Waals surface area contributed by atoms with E-state index in [1.807, 2.05) is 19.1 Å². The molecular weight excluding hydrogens is 324 g/mol. The number of H-pyrrole nitrogens is 1. The summed E-state index contributed by atoms with van der Waals surface area (Å²) in [6.45, 7) is 3.07. The smallest absolute Gasteiger partial charge is 0.242 e. The molecule has 0 radical (unpaired) electrons. The van der Waals surface area contributed by atoms with Gasteiger partial charge in [-0.15, -0.1) is 12.4 Å². The van der Waals surface area contributed by atoms with Gasteiger partial charge in [0.15, 0.2) is 0 Å². The van der Waals surface area contributed by atoms with Crippen LogP contribution < -0.4 is 5.32 Å². The third-order valence-electron chi connectivity index (χ3n) is 3.30. The summed E-state index contributed by atoms with van der Waals surface area (Å²) < 4.78 is 25.8. The van der Waals surface area contributed by atoms with Gasteiger partial charge in [-0.05, 0) is 18.6 Å². The van der Waals surface area contributed by atoms with Crippen LogP contribution in [-0.4, -0.2) is 37.0 Å². The number of hydrogen-bond donors (Lipinski definition) is 2. The van der Waals surface area contributed by atoms with Gasteiger partial charge < -0.3 is 5.32 Å². The minimum Gasteiger partial charge on any atom is -0.308 e. The Morgan fingerprint density at radius 1 is 1.18 bits per heavy atom. The molecule has 0 atom stereocenters. The summed E-state index contributed by atoms with van der Waals surface area (Å²) in [6.07, 6.45) is 1.77. The minimum absolute atomic E-state index is 0. The molecule has 0 saturated carbocycles. The fourth-order valence-electron chi connectivity index (χ4n) is 1.98. The molecule has 0 aliphatic heterocycles. The highest BCUT2D eigenvalue weighted by Crippen LogP contribution is 2.18. The summed E-state index contributed by atoms with van der Waals surface area (Å²) >= 11 is 0. The summed E-state index contributed by atoms with van der Waals surface area (Å²) in [5.74, 6) is 0. The number of aromatic nitrogens is 2. The van der Waals surface area contributed by atoms with Crippen molar-refractivity contribution in [3.63, 3.8) is 0 Å². The summed E-state index contributed by atoms with van der Waals surface area (Å²) in [4.78, 5) is 0.339. The Labute approximate surface area is 137 Å². The van der Waals surface area contributed by atoms with E-state index in [4.69, 9.17) is 0 Å². The van der Waals surface area contributed by atoms with Gasteiger partial charge in [0.1, 0.15) is 0 Å². The second-order valence-corrected chi connectivity index (χ2v) is 7.14. The third kappa shape index (κ3) is 4.07. The van der Waals surface area contributed by atoms with Gasteiger partial charge >= 0.3 is 0 Å². The molecular formula is C14H21ClN4O2S. The van der Waals surface area contributed by atoms with Crippen molar-refractivity contribution in [2.24, 2.45) is 0 Å². The fraction of sp³-hybridized carbons (Fsp3) is 0.357. The first-order valence-corrected chi connectivity index (χ1v) is 8.07. The van der Waals surface area contributed by atoms with Gasteiger partial charge in [0.25, 0.3) is 0 Å². The first-order chi connectivity index (χ1) is 9.93. The van der Waals surface area contributed by atoms with Gasteiger partial charge in [0.2, 0.25) is 10.0 Å². The van der Waals surface area contributed by atoms with Gasteiger partial charge in [-0.1, -0.05) is 18.2 Å². The average Bonchev–Trinajstić information content (AvgIpc) is 2.85. The quantitative estimate of drug-likeness (QED) is 0.835. The molecule has 2 aromatic rings. The van der Waals surface area contributed by atoms with Crippen LogP contribution in [0.25, 0.3) is 0 Å². The maximum Gasteiger partial charge on any atom is 0.242 e. The minimum atomic E-state index is -3.43. The van der Waals surface area contributed by atoms with E-state index >= 15 is 0 Å². The first-order valence-electron chi connectivity index (χ1n) is 6.63. The lowest BCUT2D eigenvalue weighted by atomic mass is 10.2. The Morgan fingerprint density at radius 3 is 2.41 bits per heavy atom. The van der Waals surface area contributed by atoms with E-state index in [2.05, 4.69) is 15.5 Å². The Morgan fingerprint density at radius 2 is 1.82 bits per heavy atom. The second kappa shape index (κ2) is 7.73. The topological polar surface area (TPSA) is 78.1 Å². The van der Waals surface area contributed by atoms with Gasteiger partial charge in [0, 0.05) is 38.4 Å². The highest BCUT2D eigenvalue weighted by atomic mass is 35.5. The number of aromatic amines is 1. The molecule has 0 unspecified atom stereocenters. The predicted octanol–water partition coefficient (Wildman–Crippen LogP) is 1.68. The van der Waals surface area contributed by atoms with E-state index in [0.717, 1.165) is 16.8 Å². The monoisotopic (exact) mass is 344 g/mol. The summed E-state index contributed by atoms with van der Waals surface area (Å²) in [7, 11) is -0.353. The largest absolute Gasteiger partial charge is 0.308 e. The first kappa shape index (κ1) is 18.6. The highest BCUT2D eigenvalue weighted by molar-refractivity contribution is 7.89. The molecule has 0 spiro atoms. The normalized spacial score (nSPS) is 11.5. The van der Waals surface area contributed by atoms with Crippen molar-refractivity contribution < 1.29 is 8.42 Å². The molecule has 0 aliphatic carbocycles. The molecule has 0 saturated heterocycles. The summed E-state index contributed by atoms with van der Waals surface area (Å²) in [6, 6.07) is 7.04. The third-order valence-corrected chi connectivity index (χ3v) is 5.21. The molecule has 22 heavy (non-hydrogen) atoms. The van der Waals surface area contributed by atoms with Crippen LogP contribution in [0.15, 0.2) is 35.4 Å². The van der Waals surface area contributed by atoms with Crippen molar-refractivity contribution >= 4 is 22.4 Å². The lowest BCUT2D eigenvalue weighted by molar-refractivity contribution is 0.518. The zero-order chi connectivity index (χ0) is 15.5. The number of nitrogens with one attached hydrogen (secondary N) is 2. The van der Waals surface area contributed by atoms with Crippen LogP contribution in [0.2, 0.25) is 0 Å². The second-order valence-electron chi connectivity index (χ2n) is 5.02. The number of sulfonamides is 1. The van der Waals surface area contributed by atoms with E-state index in [1.54, 1.807) is 18.3 Å². The number of halogens is 1. The molecule has 0 aliphatic rings. The number of rotatable bonds is 6. The highest BCUT2D eigenvalue weighted by Gasteiger charge is 2.20. The van der Waals surface area contributed by atoms with Crippen LogP contribution >= 0.6 is 12.4 Å². The van der Waals surface area contributed by atoms with Gasteiger partial charge in [0.05, 0.1) is 11.1 Å². The number of hydrogen-bond acceptors (Lipinski definition) is 4. The van der Waals surface area contributed by atoms with E-state index in [1.165, 1.54) is 18.4 Å². The van der Waals surface area contributed by atoms with Crippen LogP contribution in [0.5, 0.6) is 0 Å².